The summed E-state index contributed by atoms with van der Waals surface area (Å²) in [5.74, 6) is 0.319. The van der Waals surface area contributed by atoms with Gasteiger partial charge in [-0.1, -0.05) is 46.3 Å². The lowest BCUT2D eigenvalue weighted by molar-refractivity contribution is 0.0601. The molecule has 3 nitrogen and oxygen atoms in total. The Bertz CT molecular complexity index is 805. The van der Waals surface area contributed by atoms with Gasteiger partial charge in [0.25, 0.3) is 0 Å². The number of alkyl halides is 1. The molecule has 0 radical (unpaired) electrons. The average molecular weight is 345 g/mol. The van der Waals surface area contributed by atoms with Crippen molar-refractivity contribution in [3.05, 3.63) is 59.9 Å². The van der Waals surface area contributed by atoms with Gasteiger partial charge in [0.15, 0.2) is 0 Å². The van der Waals surface area contributed by atoms with Crippen molar-refractivity contribution in [3.8, 4) is 11.3 Å². The van der Waals surface area contributed by atoms with Gasteiger partial charge in [0.1, 0.15) is 5.76 Å². The summed E-state index contributed by atoms with van der Waals surface area (Å²) in [5.41, 5.74) is 2.42. The van der Waals surface area contributed by atoms with Crippen molar-refractivity contribution in [1.82, 2.24) is 0 Å². The van der Waals surface area contributed by atoms with Gasteiger partial charge in [0.2, 0.25) is 0 Å². The van der Waals surface area contributed by atoms with E-state index >= 15 is 0 Å². The predicted molar refractivity (Wildman–Crippen MR) is 85.6 cm³/mol. The highest BCUT2D eigenvalue weighted by molar-refractivity contribution is 9.08. The first-order valence-corrected chi connectivity index (χ1v) is 7.60. The second-order valence-corrected chi connectivity index (χ2v) is 5.22. The lowest BCUT2D eigenvalue weighted by Gasteiger charge is -2.06. The van der Waals surface area contributed by atoms with Gasteiger partial charge >= 0.3 is 5.97 Å². The molecule has 3 rings (SSSR count). The van der Waals surface area contributed by atoms with Crippen molar-refractivity contribution in [1.29, 1.82) is 0 Å². The molecule has 106 valence electrons. The first-order chi connectivity index (χ1) is 10.2. The number of carbonyl (C=O) groups excluding carboxylic acids is 1. The van der Waals surface area contributed by atoms with Crippen LogP contribution in [-0.2, 0) is 10.1 Å². The lowest BCUT2D eigenvalue weighted by Crippen LogP contribution is -2.02. The van der Waals surface area contributed by atoms with Crippen LogP contribution in [0.4, 0.5) is 0 Å². The molecule has 1 heterocycles. The van der Waals surface area contributed by atoms with E-state index in [0.717, 1.165) is 21.7 Å². The van der Waals surface area contributed by atoms with Gasteiger partial charge in [-0.3, -0.25) is 0 Å². The fourth-order valence-electron chi connectivity index (χ4n) is 2.36. The largest absolute Gasteiger partial charge is 0.465 e. The van der Waals surface area contributed by atoms with Crippen LogP contribution in [0.1, 0.15) is 15.9 Å². The number of hydrogen-bond acceptors (Lipinski definition) is 3. The van der Waals surface area contributed by atoms with E-state index in [0.29, 0.717) is 11.3 Å². The fraction of sp³-hybridized carbons (Fsp3) is 0.118. The molecule has 0 bridgehead atoms. The van der Waals surface area contributed by atoms with Crippen LogP contribution in [0.15, 0.2) is 53.1 Å². The third-order valence-corrected chi connectivity index (χ3v) is 4.04. The monoisotopic (exact) mass is 344 g/mol. The minimum absolute atomic E-state index is 0.368. The van der Waals surface area contributed by atoms with E-state index in [-0.39, 0.29) is 5.97 Å². The Hall–Kier alpha value is -2.07. The summed E-state index contributed by atoms with van der Waals surface area (Å²) in [5, 5.41) is 2.79. The van der Waals surface area contributed by atoms with E-state index in [1.54, 1.807) is 12.3 Å². The molecule has 0 amide bonds. The predicted octanol–water partition coefficient (Wildman–Crippen LogP) is 4.78. The van der Waals surface area contributed by atoms with Gasteiger partial charge in [-0.05, 0) is 17.7 Å². The second-order valence-electron chi connectivity index (χ2n) is 4.66. The van der Waals surface area contributed by atoms with Gasteiger partial charge in [-0.25, -0.2) is 4.79 Å². The molecule has 2 aromatic carbocycles. The Morgan fingerprint density at radius 2 is 2.05 bits per heavy atom. The van der Waals surface area contributed by atoms with Crippen LogP contribution in [0.3, 0.4) is 0 Å². The molecule has 0 spiro atoms. The van der Waals surface area contributed by atoms with Crippen molar-refractivity contribution >= 4 is 32.7 Å². The number of methoxy groups -OCH3 is 1. The Kier molecular flexibility index (Phi) is 3.80. The third-order valence-electron chi connectivity index (χ3n) is 3.40. The molecule has 0 aliphatic heterocycles. The van der Waals surface area contributed by atoms with Crippen molar-refractivity contribution in [2.75, 3.05) is 7.11 Å². The Morgan fingerprint density at radius 3 is 2.81 bits per heavy atom. The summed E-state index contributed by atoms with van der Waals surface area (Å²) < 4.78 is 10.5. The highest BCUT2D eigenvalue weighted by atomic mass is 79.9. The van der Waals surface area contributed by atoms with Gasteiger partial charge in [-0.15, -0.1) is 0 Å². The molecule has 0 atom stereocenters. The number of benzene rings is 2. The standard InChI is InChI=1S/C17H13BrO3/c1-20-17(19)15-5-3-2-4-14(15)16-13-7-6-11(9-18)8-12(13)10-21-16/h2-8,10H,9H2,1H3. The minimum Gasteiger partial charge on any atom is -0.465 e. The number of rotatable bonds is 3. The van der Waals surface area contributed by atoms with Gasteiger partial charge < -0.3 is 9.15 Å². The highest BCUT2D eigenvalue weighted by Crippen LogP contribution is 2.33. The first kappa shape index (κ1) is 13.9. The maximum atomic E-state index is 11.9. The van der Waals surface area contributed by atoms with Crippen LogP contribution in [0, 0.1) is 0 Å². The van der Waals surface area contributed by atoms with E-state index < -0.39 is 0 Å². The minimum atomic E-state index is -0.368. The summed E-state index contributed by atoms with van der Waals surface area (Å²) in [6.45, 7) is 0. The number of furan rings is 1. The maximum absolute atomic E-state index is 11.9. The number of ether oxygens (including phenoxy) is 1. The topological polar surface area (TPSA) is 39.4 Å². The Labute approximate surface area is 130 Å². The lowest BCUT2D eigenvalue weighted by atomic mass is 10.0. The smallest absolute Gasteiger partial charge is 0.338 e. The third kappa shape index (κ3) is 2.47. The molecular weight excluding hydrogens is 332 g/mol. The molecule has 1 aromatic heterocycles. The van der Waals surface area contributed by atoms with E-state index in [1.165, 1.54) is 12.7 Å². The highest BCUT2D eigenvalue weighted by Gasteiger charge is 2.17. The van der Waals surface area contributed by atoms with Crippen LogP contribution >= 0.6 is 15.9 Å². The SMILES string of the molecule is COC(=O)c1ccccc1-c1occ2cc(CBr)ccc12. The first-order valence-electron chi connectivity index (χ1n) is 6.48. The van der Waals surface area contributed by atoms with Crippen LogP contribution in [0.25, 0.3) is 22.1 Å². The van der Waals surface area contributed by atoms with Crippen LogP contribution in [0.2, 0.25) is 0 Å². The molecule has 0 saturated heterocycles. The molecule has 3 aromatic rings. The van der Waals surface area contributed by atoms with Gasteiger partial charge in [-0.2, -0.15) is 0 Å². The van der Waals surface area contributed by atoms with Crippen molar-refractivity contribution in [3.63, 3.8) is 0 Å². The summed E-state index contributed by atoms with van der Waals surface area (Å²) in [4.78, 5) is 11.9. The molecule has 4 heteroatoms. The molecular formula is C17H13BrO3. The Morgan fingerprint density at radius 1 is 1.24 bits per heavy atom. The van der Waals surface area contributed by atoms with E-state index in [2.05, 4.69) is 22.0 Å². The fourth-order valence-corrected chi connectivity index (χ4v) is 2.71. The number of esters is 1. The quantitative estimate of drug-likeness (QED) is 0.507. The Balaban J connectivity index is 2.19. The summed E-state index contributed by atoms with van der Waals surface area (Å²) in [6.07, 6.45) is 1.71. The number of carbonyl (C=O) groups is 1. The van der Waals surface area contributed by atoms with Crippen LogP contribution in [-0.4, -0.2) is 13.1 Å². The van der Waals surface area contributed by atoms with Gasteiger partial charge in [0, 0.05) is 21.7 Å². The zero-order chi connectivity index (χ0) is 14.8. The van der Waals surface area contributed by atoms with E-state index in [4.69, 9.17) is 9.15 Å². The zero-order valence-electron chi connectivity index (χ0n) is 11.4. The second kappa shape index (κ2) is 5.74. The molecule has 0 N–H and O–H groups in total. The van der Waals surface area contributed by atoms with Crippen LogP contribution < -0.4 is 0 Å². The molecule has 0 saturated carbocycles. The normalized spacial score (nSPS) is 10.8. The number of fused-ring (bicyclic) bond motifs is 1. The molecule has 0 aliphatic rings. The van der Waals surface area contributed by atoms with Crippen molar-refractivity contribution in [2.24, 2.45) is 0 Å². The van der Waals surface area contributed by atoms with Crippen molar-refractivity contribution < 1.29 is 13.9 Å². The zero-order valence-corrected chi connectivity index (χ0v) is 13.0. The molecule has 0 unspecified atom stereocenters. The van der Waals surface area contributed by atoms with Crippen molar-refractivity contribution in [2.45, 2.75) is 5.33 Å². The van der Waals surface area contributed by atoms with Crippen LogP contribution in [0.5, 0.6) is 0 Å². The summed E-state index contributed by atoms with van der Waals surface area (Å²) in [6, 6.07) is 13.4. The molecule has 21 heavy (non-hydrogen) atoms. The number of hydrogen-bond donors (Lipinski definition) is 0. The average Bonchev–Trinajstić information content (AvgIpc) is 2.96. The van der Waals surface area contributed by atoms with E-state index in [1.807, 2.05) is 30.3 Å². The van der Waals surface area contributed by atoms with E-state index in [9.17, 15) is 4.79 Å². The summed E-state index contributed by atoms with van der Waals surface area (Å²) >= 11 is 3.44. The maximum Gasteiger partial charge on any atom is 0.338 e. The molecule has 0 fully saturated rings. The number of halogens is 1. The summed E-state index contributed by atoms with van der Waals surface area (Å²) in [7, 11) is 1.38. The molecule has 0 aliphatic carbocycles. The van der Waals surface area contributed by atoms with Gasteiger partial charge in [0.05, 0.1) is 18.9 Å².